The zero-order valence-electron chi connectivity index (χ0n) is 15.8. The highest BCUT2D eigenvalue weighted by Crippen LogP contribution is 2.29. The van der Waals surface area contributed by atoms with Crippen LogP contribution in [-0.4, -0.2) is 31.4 Å². The minimum atomic E-state index is -0.0203. The summed E-state index contributed by atoms with van der Waals surface area (Å²) in [6.45, 7) is 2.76. The predicted molar refractivity (Wildman–Crippen MR) is 114 cm³/mol. The van der Waals surface area contributed by atoms with Crippen LogP contribution in [0.25, 0.3) is 0 Å². The van der Waals surface area contributed by atoms with E-state index in [4.69, 9.17) is 0 Å². The normalized spacial score (nSPS) is 17.7. The largest absolute Gasteiger partial charge is 0.326 e. The van der Waals surface area contributed by atoms with E-state index in [9.17, 15) is 9.59 Å². The number of benzene rings is 2. The highest BCUT2D eigenvalue weighted by molar-refractivity contribution is 6.08. The summed E-state index contributed by atoms with van der Waals surface area (Å²) in [5, 5.41) is 6.27. The maximum absolute atomic E-state index is 13.0. The SMILES string of the molecule is Cl.O=C(CCC1CCNC1)Nc1cccc(C(=O)N2CCc3ccccc32)c1. The van der Waals surface area contributed by atoms with Crippen molar-refractivity contribution in [1.29, 1.82) is 0 Å². The molecule has 2 N–H and O–H groups in total. The van der Waals surface area contributed by atoms with Crippen LogP contribution in [0.2, 0.25) is 0 Å². The molecule has 2 aromatic rings. The number of nitrogens with zero attached hydrogens (tertiary/aromatic N) is 1. The lowest BCUT2D eigenvalue weighted by atomic mass is 10.0. The Labute approximate surface area is 171 Å². The Bertz CT molecular complexity index is 849. The molecule has 28 heavy (non-hydrogen) atoms. The smallest absolute Gasteiger partial charge is 0.258 e. The first-order valence-electron chi connectivity index (χ1n) is 9.71. The summed E-state index contributed by atoms with van der Waals surface area (Å²) in [7, 11) is 0. The zero-order chi connectivity index (χ0) is 18.6. The fraction of sp³-hybridized carbons (Fsp3) is 0.364. The summed E-state index contributed by atoms with van der Waals surface area (Å²) in [6.07, 6.45) is 3.45. The Morgan fingerprint density at radius 1 is 1.14 bits per heavy atom. The minimum absolute atomic E-state index is 0. The van der Waals surface area contributed by atoms with E-state index in [0.717, 1.165) is 38.0 Å². The fourth-order valence-corrected chi connectivity index (χ4v) is 3.95. The number of fused-ring (bicyclic) bond motifs is 1. The van der Waals surface area contributed by atoms with E-state index in [1.54, 1.807) is 6.07 Å². The molecular formula is C22H26ClN3O2. The number of hydrogen-bond acceptors (Lipinski definition) is 3. The lowest BCUT2D eigenvalue weighted by Crippen LogP contribution is -2.28. The average molecular weight is 400 g/mol. The van der Waals surface area contributed by atoms with Crippen molar-refractivity contribution in [2.75, 3.05) is 29.9 Å². The van der Waals surface area contributed by atoms with Crippen molar-refractivity contribution in [3.63, 3.8) is 0 Å². The van der Waals surface area contributed by atoms with Gasteiger partial charge in [-0.2, -0.15) is 0 Å². The van der Waals surface area contributed by atoms with Crippen molar-refractivity contribution in [3.8, 4) is 0 Å². The second-order valence-electron chi connectivity index (χ2n) is 7.36. The maximum Gasteiger partial charge on any atom is 0.258 e. The van der Waals surface area contributed by atoms with Crippen LogP contribution >= 0.6 is 12.4 Å². The van der Waals surface area contributed by atoms with Gasteiger partial charge in [0, 0.05) is 29.9 Å². The van der Waals surface area contributed by atoms with Crippen LogP contribution in [0, 0.1) is 5.92 Å². The molecule has 5 nitrogen and oxygen atoms in total. The Kier molecular flexibility index (Phi) is 6.70. The van der Waals surface area contributed by atoms with Crippen LogP contribution in [0.3, 0.4) is 0 Å². The molecule has 4 rings (SSSR count). The number of nitrogens with one attached hydrogen (secondary N) is 2. The van der Waals surface area contributed by atoms with Crippen molar-refractivity contribution < 1.29 is 9.59 Å². The molecule has 2 aliphatic heterocycles. The van der Waals surface area contributed by atoms with Crippen LogP contribution in [0.4, 0.5) is 11.4 Å². The van der Waals surface area contributed by atoms with E-state index in [2.05, 4.69) is 16.7 Å². The Balaban J connectivity index is 0.00000225. The van der Waals surface area contributed by atoms with Crippen molar-refractivity contribution in [1.82, 2.24) is 5.32 Å². The molecule has 1 atom stereocenters. The number of carbonyl (C=O) groups is 2. The van der Waals surface area contributed by atoms with Crippen molar-refractivity contribution >= 4 is 35.6 Å². The standard InChI is InChI=1S/C22H25N3O2.ClH/c26-21(9-8-16-10-12-23-15-16)24-19-6-3-5-18(14-19)22(27)25-13-11-17-4-1-2-7-20(17)25;/h1-7,14,16,23H,8-13,15H2,(H,24,26);1H. The summed E-state index contributed by atoms with van der Waals surface area (Å²) in [5.74, 6) is 0.588. The Morgan fingerprint density at radius 2 is 2.00 bits per heavy atom. The molecule has 148 valence electrons. The number of para-hydroxylation sites is 1. The molecule has 0 bridgehead atoms. The van der Waals surface area contributed by atoms with Crippen molar-refractivity contribution in [2.45, 2.75) is 25.7 Å². The van der Waals surface area contributed by atoms with Gasteiger partial charge in [0.05, 0.1) is 0 Å². The molecule has 6 heteroatoms. The molecule has 0 aromatic heterocycles. The predicted octanol–water partition coefficient (Wildman–Crippen LogP) is 3.64. The highest BCUT2D eigenvalue weighted by Gasteiger charge is 2.25. The second-order valence-corrected chi connectivity index (χ2v) is 7.36. The van der Waals surface area contributed by atoms with Gasteiger partial charge in [-0.15, -0.1) is 12.4 Å². The van der Waals surface area contributed by atoms with Gasteiger partial charge in [0.2, 0.25) is 5.91 Å². The van der Waals surface area contributed by atoms with Gasteiger partial charge < -0.3 is 15.5 Å². The molecule has 2 amide bonds. The summed E-state index contributed by atoms with van der Waals surface area (Å²) in [5.41, 5.74) is 3.48. The molecule has 0 saturated carbocycles. The van der Waals surface area contributed by atoms with Gasteiger partial charge in [0.15, 0.2) is 0 Å². The van der Waals surface area contributed by atoms with Crippen LogP contribution in [0.1, 0.15) is 35.2 Å². The number of halogens is 1. The number of amides is 2. The first kappa shape index (κ1) is 20.4. The quantitative estimate of drug-likeness (QED) is 0.806. The third-order valence-corrected chi connectivity index (χ3v) is 5.47. The second kappa shape index (κ2) is 9.22. The maximum atomic E-state index is 13.0. The third kappa shape index (κ3) is 4.54. The summed E-state index contributed by atoms with van der Waals surface area (Å²) in [6, 6.07) is 15.3. The summed E-state index contributed by atoms with van der Waals surface area (Å²) >= 11 is 0. The number of hydrogen-bond donors (Lipinski definition) is 2. The summed E-state index contributed by atoms with van der Waals surface area (Å²) in [4.78, 5) is 27.0. The van der Waals surface area contributed by atoms with E-state index in [0.29, 0.717) is 30.1 Å². The first-order chi connectivity index (χ1) is 13.2. The highest BCUT2D eigenvalue weighted by atomic mass is 35.5. The molecule has 0 spiro atoms. The molecule has 2 aliphatic rings. The topological polar surface area (TPSA) is 61.4 Å². The van der Waals surface area contributed by atoms with Crippen molar-refractivity contribution in [3.05, 3.63) is 59.7 Å². The van der Waals surface area contributed by atoms with E-state index >= 15 is 0 Å². The van der Waals surface area contributed by atoms with E-state index < -0.39 is 0 Å². The lowest BCUT2D eigenvalue weighted by Gasteiger charge is -2.18. The van der Waals surface area contributed by atoms with Gasteiger partial charge >= 0.3 is 0 Å². The molecule has 1 saturated heterocycles. The van der Waals surface area contributed by atoms with Crippen LogP contribution in [0.15, 0.2) is 48.5 Å². The molecule has 0 radical (unpaired) electrons. The van der Waals surface area contributed by atoms with Crippen LogP contribution in [0.5, 0.6) is 0 Å². The van der Waals surface area contributed by atoms with E-state index in [-0.39, 0.29) is 24.2 Å². The Morgan fingerprint density at radius 3 is 2.82 bits per heavy atom. The van der Waals surface area contributed by atoms with Crippen molar-refractivity contribution in [2.24, 2.45) is 5.92 Å². The zero-order valence-corrected chi connectivity index (χ0v) is 16.6. The molecule has 2 aromatic carbocycles. The fourth-order valence-electron chi connectivity index (χ4n) is 3.95. The lowest BCUT2D eigenvalue weighted by molar-refractivity contribution is -0.116. The minimum Gasteiger partial charge on any atom is -0.326 e. The van der Waals surface area contributed by atoms with Gasteiger partial charge in [0.1, 0.15) is 0 Å². The monoisotopic (exact) mass is 399 g/mol. The van der Waals surface area contributed by atoms with Gasteiger partial charge in [-0.1, -0.05) is 24.3 Å². The van der Waals surface area contributed by atoms with Gasteiger partial charge in [-0.05, 0) is 68.1 Å². The summed E-state index contributed by atoms with van der Waals surface area (Å²) < 4.78 is 0. The Hall–Kier alpha value is -2.37. The number of anilines is 2. The van der Waals surface area contributed by atoms with Gasteiger partial charge in [0.25, 0.3) is 5.91 Å². The molecule has 1 unspecified atom stereocenters. The number of rotatable bonds is 5. The molecule has 2 heterocycles. The average Bonchev–Trinajstić information content (AvgIpc) is 3.36. The van der Waals surface area contributed by atoms with Crippen LogP contribution < -0.4 is 15.5 Å². The molecular weight excluding hydrogens is 374 g/mol. The third-order valence-electron chi connectivity index (χ3n) is 5.47. The van der Waals surface area contributed by atoms with Gasteiger partial charge in [-0.3, -0.25) is 9.59 Å². The molecule has 1 fully saturated rings. The first-order valence-corrected chi connectivity index (χ1v) is 9.71. The van der Waals surface area contributed by atoms with E-state index in [1.165, 1.54) is 5.56 Å². The number of carbonyl (C=O) groups excluding carboxylic acids is 2. The van der Waals surface area contributed by atoms with E-state index in [1.807, 2.05) is 41.3 Å². The van der Waals surface area contributed by atoms with Gasteiger partial charge in [-0.25, -0.2) is 0 Å². The molecule has 0 aliphatic carbocycles. The van der Waals surface area contributed by atoms with Crippen LogP contribution in [-0.2, 0) is 11.2 Å².